The molecule has 66 valence electrons. The summed E-state index contributed by atoms with van der Waals surface area (Å²) in [5, 5.41) is 17.1. The van der Waals surface area contributed by atoms with Crippen molar-refractivity contribution >= 4 is 5.97 Å². The van der Waals surface area contributed by atoms with Gasteiger partial charge in [-0.2, -0.15) is 0 Å². The van der Waals surface area contributed by atoms with Crippen LogP contribution in [0, 0.1) is 5.92 Å². The van der Waals surface area contributed by atoms with Gasteiger partial charge in [0.15, 0.2) is 0 Å². The summed E-state index contributed by atoms with van der Waals surface area (Å²) in [7, 11) is 0. The summed E-state index contributed by atoms with van der Waals surface area (Å²) in [6, 6.07) is 0. The molecular weight excluding hydrogens is 170 g/mol. The van der Waals surface area contributed by atoms with Crippen LogP contribution < -0.4 is 0 Å². The molecule has 2 unspecified atom stereocenters. The largest absolute Gasteiger partial charge is 0.481 e. The molecule has 0 aromatic rings. The zero-order valence-corrected chi connectivity index (χ0v) is 5.87. The average molecular weight is 176 g/mol. The minimum atomic E-state index is -3.00. The van der Waals surface area contributed by atoms with Crippen molar-refractivity contribution < 1.29 is 23.8 Å². The van der Waals surface area contributed by atoms with E-state index < -0.39 is 23.6 Å². The molecule has 1 aliphatic rings. The van der Waals surface area contributed by atoms with Gasteiger partial charge in [0.2, 0.25) is 5.85 Å². The zero-order valence-electron chi connectivity index (χ0n) is 5.87. The molecular formula is C7H6F2O3. The van der Waals surface area contributed by atoms with Crippen molar-refractivity contribution in [3.63, 3.8) is 0 Å². The van der Waals surface area contributed by atoms with Crippen LogP contribution in [0.2, 0.25) is 0 Å². The molecule has 5 heteroatoms. The standard InChI is InChI=1S/C7H6F2O3/c8-4-1-2-7(9,12)5(3-4)6(10)11/h1-3,5,12H,(H,10,11). The van der Waals surface area contributed by atoms with E-state index in [0.717, 1.165) is 0 Å². The van der Waals surface area contributed by atoms with Gasteiger partial charge in [-0.25, -0.2) is 8.78 Å². The van der Waals surface area contributed by atoms with Crippen LogP contribution in [0.4, 0.5) is 8.78 Å². The van der Waals surface area contributed by atoms with E-state index in [1.165, 1.54) is 0 Å². The smallest absolute Gasteiger partial charge is 0.316 e. The minimum Gasteiger partial charge on any atom is -0.481 e. The molecule has 0 heterocycles. The monoisotopic (exact) mass is 176 g/mol. The number of rotatable bonds is 1. The van der Waals surface area contributed by atoms with Crippen molar-refractivity contribution in [2.24, 2.45) is 5.92 Å². The second kappa shape index (κ2) is 2.67. The fraction of sp³-hybridized carbons (Fsp3) is 0.286. The van der Waals surface area contributed by atoms with Crippen LogP contribution in [0.25, 0.3) is 0 Å². The number of alkyl halides is 1. The van der Waals surface area contributed by atoms with Crippen LogP contribution in [0.5, 0.6) is 0 Å². The van der Waals surface area contributed by atoms with Crippen LogP contribution in [0.3, 0.4) is 0 Å². The van der Waals surface area contributed by atoms with E-state index in [-0.39, 0.29) is 0 Å². The third-order valence-corrected chi connectivity index (χ3v) is 1.50. The molecule has 0 aromatic carbocycles. The van der Waals surface area contributed by atoms with E-state index in [1.54, 1.807) is 0 Å². The Morgan fingerprint density at radius 2 is 2.25 bits per heavy atom. The van der Waals surface area contributed by atoms with Crippen LogP contribution in [-0.4, -0.2) is 22.0 Å². The molecule has 0 saturated heterocycles. The fourth-order valence-corrected chi connectivity index (χ4v) is 0.876. The van der Waals surface area contributed by atoms with Crippen LogP contribution in [0.15, 0.2) is 24.1 Å². The summed E-state index contributed by atoms with van der Waals surface area (Å²) in [5.41, 5.74) is 0. The first kappa shape index (κ1) is 8.86. The highest BCUT2D eigenvalue weighted by Gasteiger charge is 2.40. The molecule has 0 aliphatic heterocycles. The van der Waals surface area contributed by atoms with Crippen molar-refractivity contribution in [3.8, 4) is 0 Å². The number of hydrogen-bond acceptors (Lipinski definition) is 2. The van der Waals surface area contributed by atoms with E-state index in [4.69, 9.17) is 10.2 Å². The average Bonchev–Trinajstić information content (AvgIpc) is 1.94. The van der Waals surface area contributed by atoms with E-state index >= 15 is 0 Å². The minimum absolute atomic E-state index is 0.473. The molecule has 2 atom stereocenters. The van der Waals surface area contributed by atoms with Crippen LogP contribution in [0.1, 0.15) is 0 Å². The van der Waals surface area contributed by atoms with Crippen molar-refractivity contribution in [1.82, 2.24) is 0 Å². The highest BCUT2D eigenvalue weighted by molar-refractivity contribution is 5.74. The molecule has 0 spiro atoms. The van der Waals surface area contributed by atoms with Gasteiger partial charge in [-0.05, 0) is 18.2 Å². The van der Waals surface area contributed by atoms with E-state index in [1.807, 2.05) is 0 Å². The maximum atomic E-state index is 12.8. The molecule has 0 aromatic heterocycles. The van der Waals surface area contributed by atoms with Gasteiger partial charge in [-0.15, -0.1) is 0 Å². The summed E-state index contributed by atoms with van der Waals surface area (Å²) in [6.45, 7) is 0. The first-order chi connectivity index (χ1) is 5.43. The molecule has 0 radical (unpaired) electrons. The summed E-state index contributed by atoms with van der Waals surface area (Å²) in [5.74, 6) is -7.35. The molecule has 3 nitrogen and oxygen atoms in total. The summed E-state index contributed by atoms with van der Waals surface area (Å²) in [6.07, 6.45) is 1.67. The molecule has 1 rings (SSSR count). The molecule has 12 heavy (non-hydrogen) atoms. The number of carbonyl (C=O) groups is 1. The number of hydrogen-bond donors (Lipinski definition) is 2. The predicted octanol–water partition coefficient (Wildman–Crippen LogP) is 0.768. The summed E-state index contributed by atoms with van der Waals surface area (Å²) < 4.78 is 25.2. The topological polar surface area (TPSA) is 57.5 Å². The van der Waals surface area contributed by atoms with Crippen LogP contribution >= 0.6 is 0 Å². The molecule has 2 N–H and O–H groups in total. The van der Waals surface area contributed by atoms with Gasteiger partial charge in [-0.1, -0.05) is 0 Å². The first-order valence-electron chi connectivity index (χ1n) is 3.14. The van der Waals surface area contributed by atoms with E-state index in [9.17, 15) is 13.6 Å². The number of allylic oxidation sites excluding steroid dienone is 2. The van der Waals surface area contributed by atoms with Crippen LogP contribution in [-0.2, 0) is 4.79 Å². The molecule has 0 fully saturated rings. The van der Waals surface area contributed by atoms with Gasteiger partial charge in [0.25, 0.3) is 0 Å². The third-order valence-electron chi connectivity index (χ3n) is 1.50. The quantitative estimate of drug-likeness (QED) is 0.620. The lowest BCUT2D eigenvalue weighted by Gasteiger charge is -2.22. The Bertz CT molecular complexity index is 268. The lowest BCUT2D eigenvalue weighted by atomic mass is 9.95. The second-order valence-electron chi connectivity index (χ2n) is 2.43. The Balaban J connectivity index is 2.98. The highest BCUT2D eigenvalue weighted by atomic mass is 19.2. The van der Waals surface area contributed by atoms with Gasteiger partial charge in [-0.3, -0.25) is 4.79 Å². The number of aliphatic hydroxyl groups is 1. The number of carboxylic acids is 1. The van der Waals surface area contributed by atoms with Crippen molar-refractivity contribution in [3.05, 3.63) is 24.1 Å². The Kier molecular flexibility index (Phi) is 1.97. The lowest BCUT2D eigenvalue weighted by molar-refractivity contribution is -0.156. The number of aliphatic carboxylic acids is 1. The van der Waals surface area contributed by atoms with Crippen molar-refractivity contribution in [2.45, 2.75) is 5.85 Å². The second-order valence-corrected chi connectivity index (χ2v) is 2.43. The molecule has 0 saturated carbocycles. The Hall–Kier alpha value is -1.23. The van der Waals surface area contributed by atoms with Crippen molar-refractivity contribution in [2.75, 3.05) is 0 Å². The van der Waals surface area contributed by atoms with Gasteiger partial charge >= 0.3 is 5.97 Å². The molecule has 1 aliphatic carbocycles. The highest BCUT2D eigenvalue weighted by Crippen LogP contribution is 2.28. The van der Waals surface area contributed by atoms with E-state index in [2.05, 4.69) is 0 Å². The Labute approximate surface area is 66.6 Å². The zero-order chi connectivity index (χ0) is 9.35. The number of carboxylic acid groups (broad SMARTS) is 1. The normalized spacial score (nSPS) is 34.6. The van der Waals surface area contributed by atoms with E-state index in [0.29, 0.717) is 18.2 Å². The summed E-state index contributed by atoms with van der Waals surface area (Å²) in [4.78, 5) is 10.3. The maximum Gasteiger partial charge on any atom is 0.316 e. The van der Waals surface area contributed by atoms with Gasteiger partial charge in [0.1, 0.15) is 11.7 Å². The maximum absolute atomic E-state index is 12.8. The third kappa shape index (κ3) is 1.50. The number of halogens is 2. The SMILES string of the molecule is O=C(O)C1C=C(F)C=CC1(O)F. The predicted molar refractivity (Wildman–Crippen MR) is 35.5 cm³/mol. The fourth-order valence-electron chi connectivity index (χ4n) is 0.876. The molecule has 0 bridgehead atoms. The van der Waals surface area contributed by atoms with Gasteiger partial charge in [0, 0.05) is 0 Å². The van der Waals surface area contributed by atoms with Gasteiger partial charge < -0.3 is 10.2 Å². The summed E-state index contributed by atoms with van der Waals surface area (Å²) >= 11 is 0. The lowest BCUT2D eigenvalue weighted by Crippen LogP contribution is -2.36. The molecule has 0 amide bonds. The van der Waals surface area contributed by atoms with Crippen molar-refractivity contribution in [1.29, 1.82) is 0 Å². The van der Waals surface area contributed by atoms with Gasteiger partial charge in [0.05, 0.1) is 0 Å². The Morgan fingerprint density at radius 3 is 2.67 bits per heavy atom. The Morgan fingerprint density at radius 1 is 1.67 bits per heavy atom. The first-order valence-corrected chi connectivity index (χ1v) is 3.14.